The Hall–Kier alpha value is -2.74. The third kappa shape index (κ3) is 5.89. The van der Waals surface area contributed by atoms with Gasteiger partial charge in [-0.25, -0.2) is 9.67 Å². The van der Waals surface area contributed by atoms with Crippen LogP contribution in [-0.4, -0.2) is 47.0 Å². The first kappa shape index (κ1) is 19.0. The lowest BCUT2D eigenvalue weighted by atomic mass is 10.3. The third-order valence-corrected chi connectivity index (χ3v) is 3.87. The van der Waals surface area contributed by atoms with Gasteiger partial charge in [0.05, 0.1) is 18.2 Å². The zero-order valence-electron chi connectivity index (χ0n) is 14.6. The lowest BCUT2D eigenvalue weighted by Crippen LogP contribution is -2.30. The summed E-state index contributed by atoms with van der Waals surface area (Å²) in [4.78, 5) is 16.2. The number of anilines is 1. The molecule has 3 aromatic rings. The van der Waals surface area contributed by atoms with Crippen LogP contribution in [0.15, 0.2) is 60.9 Å². The number of pyridine rings is 1. The number of hydrogen-bond donors (Lipinski definition) is 2. The summed E-state index contributed by atoms with van der Waals surface area (Å²) in [5, 5.41) is 10.7. The average Bonchev–Trinajstić information content (AvgIpc) is 3.22. The Bertz CT molecular complexity index is 837. The molecule has 3 heterocycles. The predicted octanol–water partition coefficient (Wildman–Crippen LogP) is 2.78. The number of aromatic nitrogens is 3. The maximum atomic E-state index is 12.1. The second kappa shape index (κ2) is 9.82. The molecule has 2 N–H and O–H groups in total. The van der Waals surface area contributed by atoms with Crippen LogP contribution < -0.4 is 10.6 Å². The smallest absolute Gasteiger partial charge is 0.276 e. The summed E-state index contributed by atoms with van der Waals surface area (Å²) in [6.45, 7) is 3.83. The molecule has 1 aliphatic heterocycles. The van der Waals surface area contributed by atoms with E-state index in [2.05, 4.69) is 20.7 Å². The number of morpholine rings is 1. The Balaban J connectivity index is 0.000000299. The van der Waals surface area contributed by atoms with E-state index in [0.717, 1.165) is 32.0 Å². The van der Waals surface area contributed by atoms with Crippen molar-refractivity contribution in [1.82, 2.24) is 20.1 Å². The van der Waals surface area contributed by atoms with Crippen LogP contribution >= 0.6 is 11.6 Å². The van der Waals surface area contributed by atoms with Crippen LogP contribution in [0.1, 0.15) is 10.5 Å². The Morgan fingerprint density at radius 2 is 1.89 bits per heavy atom. The maximum absolute atomic E-state index is 12.1. The average molecular weight is 386 g/mol. The molecule has 0 spiro atoms. The Morgan fingerprint density at radius 3 is 2.48 bits per heavy atom. The first-order chi connectivity index (χ1) is 13.2. The van der Waals surface area contributed by atoms with Crippen molar-refractivity contribution in [3.63, 3.8) is 0 Å². The zero-order chi connectivity index (χ0) is 18.9. The molecule has 0 radical (unpaired) electrons. The highest BCUT2D eigenvalue weighted by Gasteiger charge is 2.10. The number of amides is 1. The van der Waals surface area contributed by atoms with E-state index < -0.39 is 0 Å². The van der Waals surface area contributed by atoms with Gasteiger partial charge < -0.3 is 15.4 Å². The van der Waals surface area contributed by atoms with Crippen LogP contribution in [0, 0.1) is 0 Å². The lowest BCUT2D eigenvalue weighted by Gasteiger charge is -2.10. The molecule has 0 unspecified atom stereocenters. The van der Waals surface area contributed by atoms with Gasteiger partial charge in [0, 0.05) is 31.2 Å². The van der Waals surface area contributed by atoms with Gasteiger partial charge in [-0.15, -0.1) is 0 Å². The molecule has 1 aromatic carbocycles. The highest BCUT2D eigenvalue weighted by Crippen LogP contribution is 2.11. The molecule has 4 rings (SSSR count). The molecule has 8 heteroatoms. The number of carbonyl (C=O) groups excluding carboxylic acids is 1. The van der Waals surface area contributed by atoms with Crippen molar-refractivity contribution in [3.8, 4) is 5.82 Å². The molecule has 0 bridgehead atoms. The number of ether oxygens (including phenoxy) is 1. The number of nitrogens with zero attached hydrogens (tertiary/aromatic N) is 3. The van der Waals surface area contributed by atoms with Crippen LogP contribution in [0.3, 0.4) is 0 Å². The minimum absolute atomic E-state index is 0.270. The van der Waals surface area contributed by atoms with Crippen molar-refractivity contribution >= 4 is 23.2 Å². The molecule has 27 heavy (non-hydrogen) atoms. The van der Waals surface area contributed by atoms with Gasteiger partial charge in [-0.2, -0.15) is 5.10 Å². The van der Waals surface area contributed by atoms with E-state index in [9.17, 15) is 4.79 Å². The number of nitrogens with one attached hydrogen (secondary N) is 2. The van der Waals surface area contributed by atoms with Gasteiger partial charge in [0.15, 0.2) is 11.5 Å². The minimum Gasteiger partial charge on any atom is -0.379 e. The fourth-order valence-electron chi connectivity index (χ4n) is 2.31. The summed E-state index contributed by atoms with van der Waals surface area (Å²) in [5.74, 6) is 0.326. The summed E-state index contributed by atoms with van der Waals surface area (Å²) in [5.41, 5.74) is 1.04. The molecule has 1 aliphatic rings. The van der Waals surface area contributed by atoms with E-state index in [0.29, 0.717) is 16.5 Å². The molecule has 2 aromatic heterocycles. The minimum atomic E-state index is -0.270. The molecule has 0 saturated carbocycles. The van der Waals surface area contributed by atoms with Crippen molar-refractivity contribution < 1.29 is 9.53 Å². The molecule has 7 nitrogen and oxygen atoms in total. The highest BCUT2D eigenvalue weighted by molar-refractivity contribution is 6.30. The van der Waals surface area contributed by atoms with Gasteiger partial charge in [0.2, 0.25) is 0 Å². The van der Waals surface area contributed by atoms with Gasteiger partial charge in [0.25, 0.3) is 5.91 Å². The first-order valence-corrected chi connectivity index (χ1v) is 8.92. The van der Waals surface area contributed by atoms with Crippen LogP contribution in [0.5, 0.6) is 0 Å². The fraction of sp³-hybridized carbons (Fsp3) is 0.211. The Morgan fingerprint density at radius 1 is 1.11 bits per heavy atom. The number of para-hydroxylation sites is 1. The van der Waals surface area contributed by atoms with Crippen LogP contribution in [-0.2, 0) is 4.74 Å². The first-order valence-electron chi connectivity index (χ1n) is 8.55. The molecule has 1 saturated heterocycles. The number of benzene rings is 1. The largest absolute Gasteiger partial charge is 0.379 e. The summed E-state index contributed by atoms with van der Waals surface area (Å²) in [6.07, 6.45) is 3.21. The lowest BCUT2D eigenvalue weighted by molar-refractivity contribution is 0.102. The van der Waals surface area contributed by atoms with Gasteiger partial charge in [0.1, 0.15) is 0 Å². The number of carbonyl (C=O) groups is 1. The molecular weight excluding hydrogens is 366 g/mol. The standard InChI is InChI=1S/C15H11ClN4O.C4H9NO/c16-11-6-7-14(17-10-11)20-9-8-13(19-20)15(21)18-12-4-2-1-3-5-12;1-3-6-4-2-5-1/h1-10H,(H,18,21);5H,1-4H2. The maximum Gasteiger partial charge on any atom is 0.276 e. The van der Waals surface area contributed by atoms with Gasteiger partial charge >= 0.3 is 0 Å². The van der Waals surface area contributed by atoms with Crippen molar-refractivity contribution in [1.29, 1.82) is 0 Å². The third-order valence-electron chi connectivity index (χ3n) is 3.65. The topological polar surface area (TPSA) is 81.1 Å². The summed E-state index contributed by atoms with van der Waals surface area (Å²) in [7, 11) is 0. The second-order valence-corrected chi connectivity index (χ2v) is 6.10. The van der Waals surface area contributed by atoms with Crippen molar-refractivity contribution in [3.05, 3.63) is 71.6 Å². The molecule has 1 amide bonds. The summed E-state index contributed by atoms with van der Waals surface area (Å²) in [6, 6.07) is 14.3. The highest BCUT2D eigenvalue weighted by atomic mass is 35.5. The summed E-state index contributed by atoms with van der Waals surface area (Å²) < 4.78 is 6.53. The van der Waals surface area contributed by atoms with Crippen molar-refractivity contribution in [2.45, 2.75) is 0 Å². The monoisotopic (exact) mass is 385 g/mol. The van der Waals surface area contributed by atoms with E-state index in [-0.39, 0.29) is 5.91 Å². The second-order valence-electron chi connectivity index (χ2n) is 5.66. The Kier molecular flexibility index (Phi) is 6.92. The van der Waals surface area contributed by atoms with E-state index in [1.165, 1.54) is 10.9 Å². The zero-order valence-corrected chi connectivity index (χ0v) is 15.4. The SMILES string of the molecule is C1COCCN1.O=C(Nc1ccccc1)c1ccn(-c2ccc(Cl)cn2)n1. The van der Waals surface area contributed by atoms with Gasteiger partial charge in [-0.3, -0.25) is 4.79 Å². The van der Waals surface area contributed by atoms with Crippen LogP contribution in [0.4, 0.5) is 5.69 Å². The molecule has 140 valence electrons. The normalized spacial score (nSPS) is 13.4. The van der Waals surface area contributed by atoms with E-state index >= 15 is 0 Å². The number of rotatable bonds is 3. The van der Waals surface area contributed by atoms with Crippen molar-refractivity contribution in [2.75, 3.05) is 31.6 Å². The fourth-order valence-corrected chi connectivity index (χ4v) is 2.42. The van der Waals surface area contributed by atoms with Crippen LogP contribution in [0.2, 0.25) is 5.02 Å². The van der Waals surface area contributed by atoms with E-state index in [1.807, 2.05) is 30.3 Å². The number of hydrogen-bond acceptors (Lipinski definition) is 5. The summed E-state index contributed by atoms with van der Waals surface area (Å²) >= 11 is 5.79. The van der Waals surface area contributed by atoms with Gasteiger partial charge in [-0.05, 0) is 30.3 Å². The molecule has 1 fully saturated rings. The predicted molar refractivity (Wildman–Crippen MR) is 104 cm³/mol. The van der Waals surface area contributed by atoms with Crippen molar-refractivity contribution in [2.24, 2.45) is 0 Å². The van der Waals surface area contributed by atoms with Gasteiger partial charge in [-0.1, -0.05) is 29.8 Å². The molecular formula is C19H20ClN5O2. The van der Waals surface area contributed by atoms with E-state index in [1.54, 1.807) is 24.4 Å². The Labute approximate surface area is 162 Å². The quantitative estimate of drug-likeness (QED) is 0.724. The molecule has 0 atom stereocenters. The number of halogens is 1. The van der Waals surface area contributed by atoms with E-state index in [4.69, 9.17) is 16.3 Å². The van der Waals surface area contributed by atoms with Crippen LogP contribution in [0.25, 0.3) is 5.82 Å². The molecule has 0 aliphatic carbocycles.